The molecule has 10 heavy (non-hydrogen) atoms. The summed E-state index contributed by atoms with van der Waals surface area (Å²) in [6.45, 7) is 3.59. The van der Waals surface area contributed by atoms with Crippen LogP contribution in [0.5, 0.6) is 0 Å². The number of aliphatic hydroxyl groups excluding tert-OH is 2. The minimum Gasteiger partial charge on any atom is -0.386 e. The molecule has 0 saturated heterocycles. The fourth-order valence-corrected chi connectivity index (χ4v) is 0.622. The average Bonchev–Trinajstić information content (AvgIpc) is 1.89. The van der Waals surface area contributed by atoms with Gasteiger partial charge in [-0.25, -0.2) is 0 Å². The molecule has 0 heterocycles. The highest BCUT2D eigenvalue weighted by Gasteiger charge is 2.06. The molecule has 0 aromatic carbocycles. The molecule has 2 atom stereocenters. The molecular weight excluding hydrogens is 128 g/mol. The Balaban J connectivity index is 3.81. The first-order valence-corrected chi connectivity index (χ1v) is 3.34. The van der Waals surface area contributed by atoms with Crippen LogP contribution in [0.15, 0.2) is 24.3 Å². The van der Waals surface area contributed by atoms with E-state index in [1.807, 2.05) is 0 Å². The number of rotatable bonds is 3. The Hall–Kier alpha value is -0.600. The van der Waals surface area contributed by atoms with Crippen LogP contribution < -0.4 is 0 Å². The summed E-state index contributed by atoms with van der Waals surface area (Å²) in [7, 11) is 0. The van der Waals surface area contributed by atoms with Crippen LogP contribution in [0.25, 0.3) is 0 Å². The second-order valence-electron chi connectivity index (χ2n) is 2.03. The Morgan fingerprint density at radius 1 is 0.900 bits per heavy atom. The highest BCUT2D eigenvalue weighted by atomic mass is 16.3. The van der Waals surface area contributed by atoms with E-state index in [2.05, 4.69) is 0 Å². The van der Waals surface area contributed by atoms with E-state index in [4.69, 9.17) is 10.2 Å². The minimum absolute atomic E-state index is 0.777. The van der Waals surface area contributed by atoms with E-state index >= 15 is 0 Å². The average molecular weight is 142 g/mol. The maximum atomic E-state index is 9.06. The van der Waals surface area contributed by atoms with Crippen LogP contribution in [0.3, 0.4) is 0 Å². The summed E-state index contributed by atoms with van der Waals surface area (Å²) < 4.78 is 0. The van der Waals surface area contributed by atoms with Crippen LogP contribution in [0, 0.1) is 0 Å². The third kappa shape index (κ3) is 3.43. The molecule has 0 saturated carbocycles. The van der Waals surface area contributed by atoms with E-state index in [-0.39, 0.29) is 0 Å². The van der Waals surface area contributed by atoms with Gasteiger partial charge in [0.25, 0.3) is 0 Å². The van der Waals surface area contributed by atoms with Crippen molar-refractivity contribution in [3.8, 4) is 0 Å². The van der Waals surface area contributed by atoms with Crippen molar-refractivity contribution < 1.29 is 10.2 Å². The van der Waals surface area contributed by atoms with Crippen LogP contribution in [-0.2, 0) is 0 Å². The molecule has 0 rings (SSSR count). The SMILES string of the molecule is C/C=C/[C@@H](O)[C@@H](O)/C=C/C. The first kappa shape index (κ1) is 9.40. The van der Waals surface area contributed by atoms with E-state index in [1.165, 1.54) is 0 Å². The molecule has 0 aromatic heterocycles. The standard InChI is InChI=1S/C8H14O2/c1-3-5-7(9)8(10)6-4-2/h3-10H,1-2H3/b5-3+,6-4+/t7-,8+. The third-order valence-electron chi connectivity index (χ3n) is 1.13. The van der Waals surface area contributed by atoms with E-state index in [0.717, 1.165) is 0 Å². The van der Waals surface area contributed by atoms with Gasteiger partial charge in [-0.05, 0) is 13.8 Å². The summed E-state index contributed by atoms with van der Waals surface area (Å²) in [5.74, 6) is 0. The monoisotopic (exact) mass is 142 g/mol. The Morgan fingerprint density at radius 2 is 1.20 bits per heavy atom. The highest BCUT2D eigenvalue weighted by Crippen LogP contribution is 1.96. The Morgan fingerprint density at radius 3 is 1.40 bits per heavy atom. The second-order valence-corrected chi connectivity index (χ2v) is 2.03. The van der Waals surface area contributed by atoms with E-state index in [1.54, 1.807) is 38.2 Å². The van der Waals surface area contributed by atoms with E-state index in [9.17, 15) is 0 Å². The van der Waals surface area contributed by atoms with E-state index in [0.29, 0.717) is 0 Å². The molecule has 58 valence electrons. The van der Waals surface area contributed by atoms with Gasteiger partial charge < -0.3 is 10.2 Å². The van der Waals surface area contributed by atoms with Crippen LogP contribution in [0.4, 0.5) is 0 Å². The normalized spacial score (nSPS) is 18.4. The summed E-state index contributed by atoms with van der Waals surface area (Å²) in [5, 5.41) is 18.1. The van der Waals surface area contributed by atoms with Gasteiger partial charge in [0.2, 0.25) is 0 Å². The van der Waals surface area contributed by atoms with Gasteiger partial charge in [0, 0.05) is 0 Å². The lowest BCUT2D eigenvalue weighted by Crippen LogP contribution is -2.20. The molecule has 0 amide bonds. The van der Waals surface area contributed by atoms with Gasteiger partial charge in [-0.2, -0.15) is 0 Å². The lowest BCUT2D eigenvalue weighted by Gasteiger charge is -2.08. The summed E-state index contributed by atoms with van der Waals surface area (Å²) >= 11 is 0. The van der Waals surface area contributed by atoms with Crippen molar-refractivity contribution in [2.75, 3.05) is 0 Å². The zero-order valence-corrected chi connectivity index (χ0v) is 6.36. The lowest BCUT2D eigenvalue weighted by atomic mass is 10.2. The van der Waals surface area contributed by atoms with Crippen molar-refractivity contribution in [3.63, 3.8) is 0 Å². The lowest BCUT2D eigenvalue weighted by molar-refractivity contribution is 0.0807. The smallest absolute Gasteiger partial charge is 0.102 e. The molecule has 0 aliphatic carbocycles. The number of hydrogen-bond acceptors (Lipinski definition) is 2. The first-order valence-electron chi connectivity index (χ1n) is 3.34. The van der Waals surface area contributed by atoms with Crippen LogP contribution in [-0.4, -0.2) is 22.4 Å². The van der Waals surface area contributed by atoms with Gasteiger partial charge in [0.05, 0.1) is 0 Å². The Labute approximate surface area is 61.5 Å². The molecule has 0 unspecified atom stereocenters. The van der Waals surface area contributed by atoms with Gasteiger partial charge >= 0.3 is 0 Å². The molecule has 2 nitrogen and oxygen atoms in total. The van der Waals surface area contributed by atoms with Gasteiger partial charge in [-0.15, -0.1) is 0 Å². The minimum atomic E-state index is -0.777. The fraction of sp³-hybridized carbons (Fsp3) is 0.500. The summed E-state index contributed by atoms with van der Waals surface area (Å²) in [6, 6.07) is 0. The predicted octanol–water partition coefficient (Wildman–Crippen LogP) is 0.860. The summed E-state index contributed by atoms with van der Waals surface area (Å²) in [6.07, 6.45) is 4.95. The molecule has 2 heteroatoms. The molecule has 0 bridgehead atoms. The largest absolute Gasteiger partial charge is 0.386 e. The Bertz CT molecular complexity index is 111. The molecule has 0 aromatic rings. The molecular formula is C8H14O2. The maximum absolute atomic E-state index is 9.06. The quantitative estimate of drug-likeness (QED) is 0.574. The van der Waals surface area contributed by atoms with Gasteiger partial charge in [-0.1, -0.05) is 24.3 Å². The maximum Gasteiger partial charge on any atom is 0.102 e. The van der Waals surface area contributed by atoms with Gasteiger partial charge in [-0.3, -0.25) is 0 Å². The fourth-order valence-electron chi connectivity index (χ4n) is 0.622. The first-order chi connectivity index (χ1) is 4.72. The third-order valence-corrected chi connectivity index (χ3v) is 1.13. The Kier molecular flexibility index (Phi) is 4.89. The molecule has 0 fully saturated rings. The number of allylic oxidation sites excluding steroid dienone is 2. The summed E-state index contributed by atoms with van der Waals surface area (Å²) in [4.78, 5) is 0. The van der Waals surface area contributed by atoms with Crippen molar-refractivity contribution in [1.82, 2.24) is 0 Å². The summed E-state index contributed by atoms with van der Waals surface area (Å²) in [5.41, 5.74) is 0. The van der Waals surface area contributed by atoms with Gasteiger partial charge in [0.15, 0.2) is 0 Å². The van der Waals surface area contributed by atoms with E-state index < -0.39 is 12.2 Å². The van der Waals surface area contributed by atoms with Crippen molar-refractivity contribution in [3.05, 3.63) is 24.3 Å². The van der Waals surface area contributed by atoms with Crippen LogP contribution >= 0.6 is 0 Å². The van der Waals surface area contributed by atoms with Crippen LogP contribution in [0.1, 0.15) is 13.8 Å². The molecule has 2 N–H and O–H groups in total. The highest BCUT2D eigenvalue weighted by molar-refractivity contribution is 4.98. The molecule has 0 spiro atoms. The number of hydrogen-bond donors (Lipinski definition) is 2. The van der Waals surface area contributed by atoms with Crippen LogP contribution in [0.2, 0.25) is 0 Å². The zero-order valence-electron chi connectivity index (χ0n) is 6.36. The number of aliphatic hydroxyl groups is 2. The second kappa shape index (κ2) is 5.21. The molecule has 0 aliphatic rings. The van der Waals surface area contributed by atoms with Gasteiger partial charge in [0.1, 0.15) is 12.2 Å². The van der Waals surface area contributed by atoms with Crippen molar-refractivity contribution in [2.24, 2.45) is 0 Å². The zero-order chi connectivity index (χ0) is 7.98. The van der Waals surface area contributed by atoms with Crippen molar-refractivity contribution in [1.29, 1.82) is 0 Å². The molecule has 0 radical (unpaired) electrons. The topological polar surface area (TPSA) is 40.5 Å². The van der Waals surface area contributed by atoms with Crippen molar-refractivity contribution in [2.45, 2.75) is 26.1 Å². The van der Waals surface area contributed by atoms with Crippen molar-refractivity contribution >= 4 is 0 Å². The molecule has 0 aliphatic heterocycles. The predicted molar refractivity (Wildman–Crippen MR) is 41.6 cm³/mol.